The minimum Gasteiger partial charge on any atom is -0.323 e. The van der Waals surface area contributed by atoms with E-state index in [4.69, 9.17) is 0 Å². The van der Waals surface area contributed by atoms with Crippen LogP contribution in [-0.2, 0) is 10.0 Å². The fourth-order valence-electron chi connectivity index (χ4n) is 2.41. The summed E-state index contributed by atoms with van der Waals surface area (Å²) in [7, 11) is -3.83. The lowest BCUT2D eigenvalue weighted by molar-refractivity contribution is 0.201. The molecule has 0 fully saturated rings. The highest BCUT2D eigenvalue weighted by Gasteiger charge is 2.31. The summed E-state index contributed by atoms with van der Waals surface area (Å²) in [6.45, 7) is 8.24. The lowest BCUT2D eigenvalue weighted by Gasteiger charge is -2.24. The first-order valence-corrected chi connectivity index (χ1v) is 9.57. The van der Waals surface area contributed by atoms with E-state index in [9.17, 15) is 13.2 Å². The Morgan fingerprint density at radius 1 is 1.16 bits per heavy atom. The number of aromatic nitrogens is 3. The van der Waals surface area contributed by atoms with Crippen molar-refractivity contribution in [2.24, 2.45) is 0 Å². The maximum atomic E-state index is 12.9. The van der Waals surface area contributed by atoms with Gasteiger partial charge in [-0.1, -0.05) is 18.2 Å². The van der Waals surface area contributed by atoms with Gasteiger partial charge in [0.1, 0.15) is 6.33 Å². The van der Waals surface area contributed by atoms with E-state index in [2.05, 4.69) is 10.1 Å². The molecule has 1 amide bonds. The van der Waals surface area contributed by atoms with Crippen LogP contribution in [-0.4, -0.2) is 53.2 Å². The van der Waals surface area contributed by atoms with E-state index in [0.29, 0.717) is 13.1 Å². The maximum Gasteiger partial charge on any atom is 0.346 e. The van der Waals surface area contributed by atoms with Crippen molar-refractivity contribution >= 4 is 22.0 Å². The van der Waals surface area contributed by atoms with Gasteiger partial charge in [-0.3, -0.25) is 0 Å². The first-order chi connectivity index (χ1) is 11.8. The molecule has 1 heterocycles. The Bertz CT molecular complexity index is 813. The topological polar surface area (TPSA) is 88.4 Å². The molecule has 0 N–H and O–H groups in total. The Balaban J connectivity index is 2.42. The molecule has 1 aromatic carbocycles. The molecule has 0 spiro atoms. The molecule has 0 aliphatic rings. The highest BCUT2D eigenvalue weighted by Crippen LogP contribution is 2.22. The molecular weight excluding hydrogens is 342 g/mol. The van der Waals surface area contributed by atoms with Gasteiger partial charge < -0.3 is 4.90 Å². The first-order valence-electron chi connectivity index (χ1n) is 8.13. The minimum atomic E-state index is -3.83. The van der Waals surface area contributed by atoms with Gasteiger partial charge in [0.2, 0.25) is 0 Å². The molecule has 136 valence electrons. The molecule has 0 atom stereocenters. The van der Waals surface area contributed by atoms with Crippen molar-refractivity contribution in [1.29, 1.82) is 0 Å². The van der Waals surface area contributed by atoms with Crippen molar-refractivity contribution in [1.82, 2.24) is 19.7 Å². The van der Waals surface area contributed by atoms with Gasteiger partial charge >= 0.3 is 6.03 Å². The number of anilines is 1. The summed E-state index contributed by atoms with van der Waals surface area (Å²) in [5.74, 6) is -0.0284. The van der Waals surface area contributed by atoms with Crippen LogP contribution in [0.25, 0.3) is 0 Å². The lowest BCUT2D eigenvalue weighted by Crippen LogP contribution is -2.38. The van der Waals surface area contributed by atoms with Gasteiger partial charge in [-0.05, 0) is 39.8 Å². The fraction of sp³-hybridized carbons (Fsp3) is 0.438. The summed E-state index contributed by atoms with van der Waals surface area (Å²) in [4.78, 5) is 18.1. The number of hydrogen-bond acceptors (Lipinski definition) is 5. The highest BCUT2D eigenvalue weighted by atomic mass is 32.2. The zero-order chi connectivity index (χ0) is 18.6. The van der Waals surface area contributed by atoms with E-state index in [1.165, 1.54) is 18.5 Å². The van der Waals surface area contributed by atoms with Crippen LogP contribution in [0.3, 0.4) is 0 Å². The van der Waals surface area contributed by atoms with Crippen molar-refractivity contribution in [2.45, 2.75) is 38.6 Å². The van der Waals surface area contributed by atoms with Gasteiger partial charge in [-0.25, -0.2) is 17.5 Å². The van der Waals surface area contributed by atoms with E-state index < -0.39 is 16.1 Å². The van der Waals surface area contributed by atoms with E-state index in [1.807, 2.05) is 13.8 Å². The van der Waals surface area contributed by atoms with Gasteiger partial charge in [0.05, 0.1) is 4.90 Å². The van der Waals surface area contributed by atoms with Crippen LogP contribution in [0.2, 0.25) is 0 Å². The molecule has 0 unspecified atom stereocenters. The smallest absolute Gasteiger partial charge is 0.323 e. The van der Waals surface area contributed by atoms with E-state index in [0.717, 1.165) is 8.99 Å². The third kappa shape index (κ3) is 3.81. The Kier molecular flexibility index (Phi) is 5.78. The Morgan fingerprint density at radius 2 is 1.76 bits per heavy atom. The summed E-state index contributed by atoms with van der Waals surface area (Å²) in [6.07, 6.45) is 1.24. The zero-order valence-electron chi connectivity index (χ0n) is 14.8. The van der Waals surface area contributed by atoms with Gasteiger partial charge in [-0.15, -0.1) is 5.10 Å². The van der Waals surface area contributed by atoms with Crippen molar-refractivity contribution in [3.63, 3.8) is 0 Å². The molecule has 2 rings (SSSR count). The normalized spacial score (nSPS) is 11.6. The number of rotatable bonds is 6. The van der Waals surface area contributed by atoms with Gasteiger partial charge in [0.25, 0.3) is 16.0 Å². The second-order valence-corrected chi connectivity index (χ2v) is 7.47. The van der Waals surface area contributed by atoms with E-state index in [-0.39, 0.29) is 16.9 Å². The van der Waals surface area contributed by atoms with Crippen molar-refractivity contribution in [3.8, 4) is 0 Å². The van der Waals surface area contributed by atoms with Crippen LogP contribution in [0, 0.1) is 0 Å². The van der Waals surface area contributed by atoms with E-state index in [1.54, 1.807) is 36.9 Å². The highest BCUT2D eigenvalue weighted by molar-refractivity contribution is 7.92. The summed E-state index contributed by atoms with van der Waals surface area (Å²) in [6, 6.07) is 7.33. The van der Waals surface area contributed by atoms with Gasteiger partial charge in [-0.2, -0.15) is 9.67 Å². The third-order valence-electron chi connectivity index (χ3n) is 3.68. The first kappa shape index (κ1) is 18.9. The monoisotopic (exact) mass is 365 g/mol. The molecule has 0 bridgehead atoms. The molecule has 0 radical (unpaired) electrons. The zero-order valence-corrected chi connectivity index (χ0v) is 15.6. The molecule has 25 heavy (non-hydrogen) atoms. The molecular formula is C16H23N5O3S. The van der Waals surface area contributed by atoms with Crippen LogP contribution >= 0.6 is 0 Å². The number of sulfonamides is 1. The lowest BCUT2D eigenvalue weighted by atomic mass is 10.4. The van der Waals surface area contributed by atoms with Crippen molar-refractivity contribution < 1.29 is 13.2 Å². The van der Waals surface area contributed by atoms with Crippen molar-refractivity contribution in [2.75, 3.05) is 17.4 Å². The molecule has 0 saturated heterocycles. The summed E-state index contributed by atoms with van der Waals surface area (Å²) in [5.41, 5.74) is 0. The SMILES string of the molecule is CCN(CC)C(=O)n1cnc(N(C(C)C)S(=O)(=O)c2ccccc2)n1. The average molecular weight is 365 g/mol. The van der Waals surface area contributed by atoms with Crippen LogP contribution in [0.1, 0.15) is 27.7 Å². The Morgan fingerprint density at radius 3 is 2.28 bits per heavy atom. The number of benzene rings is 1. The molecule has 0 aliphatic carbocycles. The van der Waals surface area contributed by atoms with Crippen molar-refractivity contribution in [3.05, 3.63) is 36.7 Å². The third-order valence-corrected chi connectivity index (χ3v) is 5.65. The van der Waals surface area contributed by atoms with E-state index >= 15 is 0 Å². The number of hydrogen-bond donors (Lipinski definition) is 0. The molecule has 2 aromatic rings. The van der Waals surface area contributed by atoms with Crippen LogP contribution in [0.5, 0.6) is 0 Å². The molecule has 0 aliphatic heterocycles. The summed E-state index contributed by atoms with van der Waals surface area (Å²) >= 11 is 0. The molecule has 1 aromatic heterocycles. The summed E-state index contributed by atoms with van der Waals surface area (Å²) < 4.78 is 28.1. The second kappa shape index (κ2) is 7.64. The molecule has 0 saturated carbocycles. The number of carbonyl (C=O) groups excluding carboxylic acids is 1. The average Bonchev–Trinajstić information content (AvgIpc) is 3.05. The van der Waals surface area contributed by atoms with Gasteiger partial charge in [0.15, 0.2) is 0 Å². The van der Waals surface area contributed by atoms with Crippen LogP contribution in [0.4, 0.5) is 10.7 Å². The maximum absolute atomic E-state index is 12.9. The summed E-state index contributed by atoms with van der Waals surface area (Å²) in [5, 5.41) is 4.10. The second-order valence-electron chi connectivity index (χ2n) is 5.65. The van der Waals surface area contributed by atoms with Gasteiger partial charge in [0, 0.05) is 19.1 Å². The standard InChI is InChI=1S/C16H23N5O3S/c1-5-19(6-2)16(22)20-12-17-15(18-20)21(13(3)4)25(23,24)14-10-8-7-9-11-14/h7-13H,5-6H2,1-4H3. The quantitative estimate of drug-likeness (QED) is 0.783. The number of carbonyl (C=O) groups is 1. The fourth-order valence-corrected chi connectivity index (χ4v) is 3.99. The predicted molar refractivity (Wildman–Crippen MR) is 95.0 cm³/mol. The largest absolute Gasteiger partial charge is 0.346 e. The number of amides is 1. The van der Waals surface area contributed by atoms with Crippen LogP contribution < -0.4 is 4.31 Å². The van der Waals surface area contributed by atoms with Crippen LogP contribution in [0.15, 0.2) is 41.6 Å². The Labute approximate surface area is 148 Å². The number of nitrogens with zero attached hydrogens (tertiary/aromatic N) is 5. The molecule has 8 nitrogen and oxygen atoms in total. The molecule has 9 heteroatoms. The predicted octanol–water partition coefficient (Wildman–Crippen LogP) is 2.19. The Hall–Kier alpha value is -2.42. The minimum absolute atomic E-state index is 0.0284.